The first kappa shape index (κ1) is 16.8. The van der Waals surface area contributed by atoms with Gasteiger partial charge >= 0.3 is 5.97 Å². The van der Waals surface area contributed by atoms with Crippen LogP contribution in [0.3, 0.4) is 0 Å². The first-order chi connectivity index (χ1) is 12.6. The Morgan fingerprint density at radius 3 is 2.42 bits per heavy atom. The number of hydrogen-bond acceptors (Lipinski definition) is 5. The minimum absolute atomic E-state index is 0.0265. The highest BCUT2D eigenvalue weighted by Crippen LogP contribution is 2.43. The lowest BCUT2D eigenvalue weighted by atomic mass is 9.81. The topological polar surface area (TPSA) is 76.8 Å². The fraction of sp³-hybridized carbons (Fsp3) is 0.316. The molecule has 2 heterocycles. The maximum atomic E-state index is 12.8. The Hall–Kier alpha value is -2.60. The normalized spacial score (nSPS) is 22.4. The number of hydrogen-bond donors (Lipinski definition) is 0. The number of nitrogens with zero attached hydrogens (tertiary/aromatic N) is 1. The highest BCUT2D eigenvalue weighted by Gasteiger charge is 2.49. The zero-order valence-electron chi connectivity index (χ0n) is 13.8. The van der Waals surface area contributed by atoms with Crippen molar-refractivity contribution in [3.05, 3.63) is 47.4 Å². The number of benzene rings is 1. The summed E-state index contributed by atoms with van der Waals surface area (Å²) in [6.45, 7) is 0. The zero-order chi connectivity index (χ0) is 18.3. The van der Waals surface area contributed by atoms with Crippen LogP contribution < -0.4 is 9.64 Å². The number of anilines is 1. The van der Waals surface area contributed by atoms with Crippen LogP contribution in [-0.2, 0) is 9.59 Å². The quantitative estimate of drug-likeness (QED) is 0.464. The Morgan fingerprint density at radius 2 is 1.81 bits per heavy atom. The van der Waals surface area contributed by atoms with Crippen LogP contribution in [0.2, 0.25) is 5.02 Å². The third-order valence-electron chi connectivity index (χ3n) is 4.93. The van der Waals surface area contributed by atoms with E-state index in [0.717, 1.165) is 17.7 Å². The molecule has 0 unspecified atom stereocenters. The van der Waals surface area contributed by atoms with Crippen molar-refractivity contribution in [2.45, 2.75) is 25.7 Å². The summed E-state index contributed by atoms with van der Waals surface area (Å²) in [7, 11) is 0. The molecule has 4 rings (SSSR count). The number of imide groups is 1. The van der Waals surface area contributed by atoms with Crippen molar-refractivity contribution < 1.29 is 23.5 Å². The van der Waals surface area contributed by atoms with E-state index in [1.807, 2.05) is 0 Å². The van der Waals surface area contributed by atoms with Crippen molar-refractivity contribution in [1.29, 1.82) is 0 Å². The second kappa shape index (κ2) is 6.61. The first-order valence-corrected chi connectivity index (χ1v) is 8.87. The molecule has 7 heteroatoms. The van der Waals surface area contributed by atoms with Gasteiger partial charge in [0, 0.05) is 5.02 Å². The lowest BCUT2D eigenvalue weighted by Crippen LogP contribution is -2.31. The van der Waals surface area contributed by atoms with Gasteiger partial charge in [0.2, 0.25) is 17.6 Å². The lowest BCUT2D eigenvalue weighted by molar-refractivity contribution is -0.122. The SMILES string of the molecule is O=C(Oc1ccc(Cl)cc1N1C(=O)[C@H]2CCCC[C@@H]2C1=O)c1ccco1. The van der Waals surface area contributed by atoms with E-state index in [2.05, 4.69) is 0 Å². The summed E-state index contributed by atoms with van der Waals surface area (Å²) in [4.78, 5) is 39.0. The largest absolute Gasteiger partial charge is 0.457 e. The maximum Gasteiger partial charge on any atom is 0.379 e. The highest BCUT2D eigenvalue weighted by molar-refractivity contribution is 6.31. The molecule has 1 saturated heterocycles. The van der Waals surface area contributed by atoms with Crippen molar-refractivity contribution >= 4 is 35.1 Å². The molecule has 1 saturated carbocycles. The van der Waals surface area contributed by atoms with Crippen LogP contribution >= 0.6 is 11.6 Å². The van der Waals surface area contributed by atoms with Gasteiger partial charge in [-0.05, 0) is 43.2 Å². The third kappa shape index (κ3) is 2.80. The van der Waals surface area contributed by atoms with Gasteiger partial charge in [-0.1, -0.05) is 24.4 Å². The van der Waals surface area contributed by atoms with E-state index in [-0.39, 0.29) is 40.8 Å². The van der Waals surface area contributed by atoms with Crippen molar-refractivity contribution in [1.82, 2.24) is 0 Å². The van der Waals surface area contributed by atoms with E-state index in [0.29, 0.717) is 17.9 Å². The van der Waals surface area contributed by atoms with E-state index in [9.17, 15) is 14.4 Å². The number of fused-ring (bicyclic) bond motifs is 1. The third-order valence-corrected chi connectivity index (χ3v) is 5.16. The average molecular weight is 374 g/mol. The molecule has 2 aliphatic rings. The highest BCUT2D eigenvalue weighted by atomic mass is 35.5. The molecule has 1 aromatic carbocycles. The Balaban J connectivity index is 1.69. The van der Waals surface area contributed by atoms with Gasteiger partial charge in [0.05, 0.1) is 23.8 Å². The van der Waals surface area contributed by atoms with Gasteiger partial charge in [-0.25, -0.2) is 9.69 Å². The monoisotopic (exact) mass is 373 g/mol. The second-order valence-electron chi connectivity index (χ2n) is 6.49. The van der Waals surface area contributed by atoms with E-state index < -0.39 is 5.97 Å². The smallest absolute Gasteiger partial charge is 0.379 e. The minimum atomic E-state index is -0.713. The molecule has 0 bridgehead atoms. The average Bonchev–Trinajstić information content (AvgIpc) is 3.25. The molecule has 1 aliphatic heterocycles. The first-order valence-electron chi connectivity index (χ1n) is 8.49. The summed E-state index contributed by atoms with van der Waals surface area (Å²) in [6, 6.07) is 7.52. The summed E-state index contributed by atoms with van der Waals surface area (Å²) >= 11 is 6.07. The van der Waals surface area contributed by atoms with Crippen LogP contribution in [0.15, 0.2) is 41.0 Å². The molecule has 1 aromatic heterocycles. The molecule has 134 valence electrons. The van der Waals surface area contributed by atoms with Crippen LogP contribution in [0.4, 0.5) is 5.69 Å². The summed E-state index contributed by atoms with van der Waals surface area (Å²) in [6.07, 6.45) is 4.63. The fourth-order valence-corrected chi connectivity index (χ4v) is 3.86. The van der Waals surface area contributed by atoms with Gasteiger partial charge in [0.1, 0.15) is 0 Å². The van der Waals surface area contributed by atoms with Crippen LogP contribution in [0.1, 0.15) is 36.2 Å². The fourth-order valence-electron chi connectivity index (χ4n) is 3.70. The molecule has 2 fully saturated rings. The Bertz CT molecular complexity index is 852. The van der Waals surface area contributed by atoms with Gasteiger partial charge in [-0.3, -0.25) is 9.59 Å². The Labute approximate surface area is 154 Å². The maximum absolute atomic E-state index is 12.8. The Kier molecular flexibility index (Phi) is 4.28. The van der Waals surface area contributed by atoms with Crippen molar-refractivity contribution in [2.24, 2.45) is 11.8 Å². The lowest BCUT2D eigenvalue weighted by Gasteiger charge is -2.19. The molecule has 6 nitrogen and oxygen atoms in total. The van der Waals surface area contributed by atoms with Gasteiger partial charge in [-0.2, -0.15) is 0 Å². The molecular weight excluding hydrogens is 358 g/mol. The van der Waals surface area contributed by atoms with Crippen molar-refractivity contribution in [3.63, 3.8) is 0 Å². The number of furan rings is 1. The van der Waals surface area contributed by atoms with E-state index in [4.69, 9.17) is 20.8 Å². The van der Waals surface area contributed by atoms with Crippen molar-refractivity contribution in [3.8, 4) is 5.75 Å². The molecule has 0 spiro atoms. The van der Waals surface area contributed by atoms with Crippen LogP contribution in [0.5, 0.6) is 5.75 Å². The molecule has 0 N–H and O–H groups in total. The summed E-state index contributed by atoms with van der Waals surface area (Å²) in [5, 5.41) is 0.341. The molecule has 1 aliphatic carbocycles. The Morgan fingerprint density at radius 1 is 1.12 bits per heavy atom. The number of rotatable bonds is 3. The van der Waals surface area contributed by atoms with E-state index in [1.165, 1.54) is 30.5 Å². The summed E-state index contributed by atoms with van der Waals surface area (Å²) in [5.74, 6) is -1.70. The molecule has 2 aromatic rings. The number of esters is 1. The predicted octanol–water partition coefficient (Wildman–Crippen LogP) is 3.83. The molecular formula is C19H16ClNO5. The van der Waals surface area contributed by atoms with Crippen LogP contribution in [0.25, 0.3) is 0 Å². The molecule has 2 amide bonds. The van der Waals surface area contributed by atoms with Crippen LogP contribution in [-0.4, -0.2) is 17.8 Å². The van der Waals surface area contributed by atoms with E-state index in [1.54, 1.807) is 6.07 Å². The zero-order valence-corrected chi connectivity index (χ0v) is 14.6. The minimum Gasteiger partial charge on any atom is -0.457 e. The molecule has 2 atom stereocenters. The van der Waals surface area contributed by atoms with Gasteiger partial charge in [0.25, 0.3) is 0 Å². The van der Waals surface area contributed by atoms with Gasteiger partial charge in [-0.15, -0.1) is 0 Å². The van der Waals surface area contributed by atoms with Crippen molar-refractivity contribution in [2.75, 3.05) is 4.90 Å². The second-order valence-corrected chi connectivity index (χ2v) is 6.92. The number of amides is 2. The van der Waals surface area contributed by atoms with Crippen LogP contribution in [0, 0.1) is 11.8 Å². The standard InChI is InChI=1S/C19H16ClNO5/c20-11-7-8-15(26-19(24)16-6-3-9-25-16)14(10-11)21-17(22)12-4-1-2-5-13(12)18(21)23/h3,6-10,12-13H,1-2,4-5H2/t12-,13-/m0/s1. The summed E-state index contributed by atoms with van der Waals surface area (Å²) < 4.78 is 10.4. The molecule has 0 radical (unpaired) electrons. The number of carbonyl (C=O) groups is 3. The van der Waals surface area contributed by atoms with Gasteiger partial charge in [0.15, 0.2) is 5.75 Å². The number of ether oxygens (including phenoxy) is 1. The molecule has 26 heavy (non-hydrogen) atoms. The number of halogens is 1. The van der Waals surface area contributed by atoms with E-state index >= 15 is 0 Å². The predicted molar refractivity (Wildman–Crippen MR) is 93.1 cm³/mol. The number of carbonyl (C=O) groups excluding carboxylic acids is 3. The summed E-state index contributed by atoms with van der Waals surface area (Å²) in [5.41, 5.74) is 0.196. The van der Waals surface area contributed by atoms with Gasteiger partial charge < -0.3 is 9.15 Å².